The van der Waals surface area contributed by atoms with Crippen LogP contribution in [0.4, 0.5) is 0 Å². The minimum Gasteiger partial charge on any atom is -0.464 e. The van der Waals surface area contributed by atoms with E-state index >= 15 is 0 Å². The topological polar surface area (TPSA) is 171 Å². The number of hydrogen-bond donors (Lipinski definition) is 2. The fraction of sp³-hybridized carbons (Fsp3) is 0.558. The quantitative estimate of drug-likeness (QED) is 0.135. The molecule has 2 aromatic heterocycles. The van der Waals surface area contributed by atoms with Gasteiger partial charge in [-0.25, -0.2) is 18.8 Å². The van der Waals surface area contributed by atoms with Gasteiger partial charge in [-0.15, -0.1) is 11.3 Å². The number of amides is 2. The molecule has 14 nitrogen and oxygen atoms in total. The summed E-state index contributed by atoms with van der Waals surface area (Å²) in [7, 11) is -2.00. The molecule has 6 rings (SSSR count). The van der Waals surface area contributed by atoms with Gasteiger partial charge in [0, 0.05) is 71.5 Å². The highest BCUT2D eigenvalue weighted by Crippen LogP contribution is 2.46. The molecule has 2 N–H and O–H groups in total. The van der Waals surface area contributed by atoms with Crippen LogP contribution in [-0.2, 0) is 50.7 Å². The second kappa shape index (κ2) is 17.8. The zero-order valence-corrected chi connectivity index (χ0v) is 37.2. The van der Waals surface area contributed by atoms with E-state index in [1.54, 1.807) is 30.9 Å². The standard InChI is InChI=1S/C43H58N6O8S2/c1-11-28(35(44-12-2)26(6)55-9)37-30-20-43(7,8)22-57-42(52)31-15-14-18-49(47-31)41(51)36(46-39(50)34-24(4)25(34)5)38(56-13-3)40-45-32(21-58-40)27-16-17-33(29(30)19-27)48(37)23-59(10,53)54/h11-12,16-17,19,21,24-26,31,34,36,38,47H,1,13-15,18,20,22-23H2,2-10H3,(H,46,50)/b35-28+,44-12?/t24-,25+,26-,31-,34?,36-,38-/m0/s1. The number of allylic oxidation sites excluding steroid dienone is 2. The van der Waals surface area contributed by atoms with Gasteiger partial charge in [-0.3, -0.25) is 24.4 Å². The van der Waals surface area contributed by atoms with Crippen LogP contribution in [0.15, 0.2) is 46.9 Å². The summed E-state index contributed by atoms with van der Waals surface area (Å²) >= 11 is 1.32. The average Bonchev–Trinajstić information content (AvgIpc) is 3.47. The van der Waals surface area contributed by atoms with Crippen molar-refractivity contribution in [2.45, 2.75) is 97.9 Å². The molecule has 16 heteroatoms. The first kappa shape index (κ1) is 44.3. The maximum absolute atomic E-state index is 14.5. The second-order valence-corrected chi connectivity index (χ2v) is 19.7. The Labute approximate surface area is 351 Å². The zero-order valence-electron chi connectivity index (χ0n) is 35.5. The number of benzene rings is 1. The molecule has 6 bridgehead atoms. The SMILES string of the molecule is C=C/C(=C(\N=CC)[C@H](C)OC)c1c2c3cc(ccc3n1CS(C)(=O)=O)-c1csc(n1)[C@@H](OCC)[C@H](NC(=O)C1[C@@H](C)[C@H]1C)C(=O)N1CCC[C@H](N1)C(=O)OCC(C)(C)C2. The van der Waals surface area contributed by atoms with E-state index in [2.05, 4.69) is 17.3 Å². The number of fused-ring (bicyclic) bond motifs is 6. The Morgan fingerprint density at radius 1 is 1.25 bits per heavy atom. The number of aliphatic imine (C=N–C) groups is 1. The van der Waals surface area contributed by atoms with Crippen molar-refractivity contribution in [1.29, 1.82) is 0 Å². The first-order chi connectivity index (χ1) is 27.9. The monoisotopic (exact) mass is 850 g/mol. The average molecular weight is 851 g/mol. The maximum atomic E-state index is 14.5. The smallest absolute Gasteiger partial charge is 0.324 e. The molecule has 320 valence electrons. The van der Waals surface area contributed by atoms with Crippen molar-refractivity contribution < 1.29 is 37.0 Å². The van der Waals surface area contributed by atoms with Crippen LogP contribution < -0.4 is 10.7 Å². The van der Waals surface area contributed by atoms with E-state index in [-0.39, 0.29) is 42.8 Å². The van der Waals surface area contributed by atoms with Gasteiger partial charge in [-0.1, -0.05) is 46.4 Å². The Morgan fingerprint density at radius 3 is 2.61 bits per heavy atom. The number of sulfone groups is 1. The number of thiazole rings is 1. The van der Waals surface area contributed by atoms with Gasteiger partial charge in [0.25, 0.3) is 5.91 Å². The molecule has 2 amide bonds. The lowest BCUT2D eigenvalue weighted by molar-refractivity contribution is -0.156. The Morgan fingerprint density at radius 2 is 1.98 bits per heavy atom. The summed E-state index contributed by atoms with van der Waals surface area (Å²) in [6, 6.07) is 3.83. The van der Waals surface area contributed by atoms with E-state index in [4.69, 9.17) is 24.2 Å². The molecule has 1 aliphatic carbocycles. The molecule has 2 aliphatic heterocycles. The van der Waals surface area contributed by atoms with Gasteiger partial charge >= 0.3 is 5.97 Å². The van der Waals surface area contributed by atoms with Crippen molar-refractivity contribution in [3.05, 3.63) is 58.2 Å². The predicted molar refractivity (Wildman–Crippen MR) is 230 cm³/mol. The lowest BCUT2D eigenvalue weighted by Crippen LogP contribution is -2.61. The lowest BCUT2D eigenvalue weighted by atomic mass is 9.84. The highest BCUT2D eigenvalue weighted by atomic mass is 32.2. The molecule has 3 aromatic rings. The predicted octanol–water partition coefficient (Wildman–Crippen LogP) is 5.88. The van der Waals surface area contributed by atoms with Gasteiger partial charge in [-0.05, 0) is 69.6 Å². The fourth-order valence-corrected chi connectivity index (χ4v) is 9.93. The van der Waals surface area contributed by atoms with Crippen LogP contribution >= 0.6 is 11.3 Å². The van der Waals surface area contributed by atoms with Crippen molar-refractivity contribution >= 4 is 61.6 Å². The van der Waals surface area contributed by atoms with E-state index in [1.165, 1.54) is 22.6 Å². The van der Waals surface area contributed by atoms with Crippen molar-refractivity contribution in [3.63, 3.8) is 0 Å². The van der Waals surface area contributed by atoms with Gasteiger partial charge in [0.15, 0.2) is 9.84 Å². The highest BCUT2D eigenvalue weighted by Gasteiger charge is 2.50. The summed E-state index contributed by atoms with van der Waals surface area (Å²) in [5.41, 5.74) is 7.10. The van der Waals surface area contributed by atoms with Crippen LogP contribution in [0.3, 0.4) is 0 Å². The third-order valence-corrected chi connectivity index (χ3v) is 13.3. The molecule has 0 spiro atoms. The summed E-state index contributed by atoms with van der Waals surface area (Å²) in [4.78, 5) is 51.8. The van der Waals surface area contributed by atoms with E-state index in [1.807, 2.05) is 65.1 Å². The van der Waals surface area contributed by atoms with Gasteiger partial charge in [-0.2, -0.15) is 0 Å². The molecular formula is C43H58N6O8S2. The van der Waals surface area contributed by atoms with Crippen molar-refractivity contribution in [3.8, 4) is 11.3 Å². The number of esters is 1. The summed E-state index contributed by atoms with van der Waals surface area (Å²) in [5, 5.41) is 7.62. The van der Waals surface area contributed by atoms with E-state index in [0.29, 0.717) is 59.0 Å². The number of methoxy groups -OCH3 is 1. The van der Waals surface area contributed by atoms with Gasteiger partial charge in [0.1, 0.15) is 29.1 Å². The maximum Gasteiger partial charge on any atom is 0.324 e. The van der Waals surface area contributed by atoms with Crippen LogP contribution in [0, 0.1) is 23.2 Å². The van der Waals surface area contributed by atoms with Crippen LogP contribution in [0.5, 0.6) is 0 Å². The molecule has 2 fully saturated rings. The number of carbonyl (C=O) groups excluding carboxylic acids is 3. The van der Waals surface area contributed by atoms with Crippen LogP contribution in [-0.4, -0.2) is 98.3 Å². The van der Waals surface area contributed by atoms with E-state index < -0.39 is 51.4 Å². The number of hydrazine groups is 1. The Balaban J connectivity index is 1.60. The second-order valence-electron chi connectivity index (χ2n) is 16.7. The molecule has 3 aliphatic rings. The number of nitrogens with one attached hydrogen (secondary N) is 2. The number of carbonyl (C=O) groups is 3. The Hall–Kier alpha value is -4.22. The van der Waals surface area contributed by atoms with Gasteiger partial charge in [0.2, 0.25) is 5.91 Å². The fourth-order valence-electron chi connectivity index (χ4n) is 8.28. The normalized spacial score (nSPS) is 25.9. The minimum atomic E-state index is -3.59. The first-order valence-corrected chi connectivity index (χ1v) is 23.2. The third-order valence-electron chi connectivity index (χ3n) is 11.7. The minimum absolute atomic E-state index is 0.0235. The van der Waals surface area contributed by atoms with Crippen molar-refractivity contribution in [2.75, 3.05) is 33.1 Å². The lowest BCUT2D eigenvalue weighted by Gasteiger charge is -2.37. The van der Waals surface area contributed by atoms with Crippen LogP contribution in [0.25, 0.3) is 27.7 Å². The third kappa shape index (κ3) is 9.41. The molecule has 0 radical (unpaired) electrons. The summed E-state index contributed by atoms with van der Waals surface area (Å²) in [6.07, 6.45) is 4.49. The molecule has 1 aromatic carbocycles. The number of rotatable bonds is 11. The summed E-state index contributed by atoms with van der Waals surface area (Å²) in [5.74, 6) is -1.36. The van der Waals surface area contributed by atoms with Gasteiger partial charge in [0.05, 0.1) is 29.8 Å². The van der Waals surface area contributed by atoms with Crippen LogP contribution in [0.2, 0.25) is 0 Å². The highest BCUT2D eigenvalue weighted by molar-refractivity contribution is 7.89. The van der Waals surface area contributed by atoms with Gasteiger partial charge < -0.3 is 24.1 Å². The Kier molecular flexibility index (Phi) is 13.4. The summed E-state index contributed by atoms with van der Waals surface area (Å²) < 4.78 is 46.3. The molecule has 59 heavy (non-hydrogen) atoms. The molecule has 7 atom stereocenters. The van der Waals surface area contributed by atoms with E-state index in [0.717, 1.165) is 16.5 Å². The number of nitrogens with zero attached hydrogens (tertiary/aromatic N) is 4. The number of aromatic nitrogens is 2. The first-order valence-electron chi connectivity index (χ1n) is 20.3. The van der Waals surface area contributed by atoms with Crippen molar-refractivity contribution in [2.24, 2.45) is 28.2 Å². The summed E-state index contributed by atoms with van der Waals surface area (Å²) in [6.45, 7) is 18.3. The molecule has 4 heterocycles. The molecule has 1 unspecified atom stereocenters. The number of cyclic esters (lactones) is 1. The zero-order chi connectivity index (χ0) is 43.0. The molecule has 1 saturated heterocycles. The number of ether oxygens (including phenoxy) is 3. The largest absolute Gasteiger partial charge is 0.464 e. The number of hydrogen-bond acceptors (Lipinski definition) is 12. The molecule has 1 saturated carbocycles. The Bertz CT molecular complexity index is 2270. The van der Waals surface area contributed by atoms with E-state index in [9.17, 15) is 22.8 Å². The van der Waals surface area contributed by atoms with Crippen molar-refractivity contribution in [1.82, 2.24) is 25.3 Å². The molecular weight excluding hydrogens is 793 g/mol. The van der Waals surface area contributed by atoms with Crippen LogP contribution in [0.1, 0.15) is 83.7 Å².